The molecule has 29 heavy (non-hydrogen) atoms. The van der Waals surface area contributed by atoms with E-state index in [1.54, 1.807) is 5.01 Å². The summed E-state index contributed by atoms with van der Waals surface area (Å²) < 4.78 is 5.62. The highest BCUT2D eigenvalue weighted by molar-refractivity contribution is 5.84. The van der Waals surface area contributed by atoms with Gasteiger partial charge in [-0.2, -0.15) is 0 Å². The van der Waals surface area contributed by atoms with E-state index < -0.39 is 6.09 Å². The van der Waals surface area contributed by atoms with Crippen LogP contribution in [-0.2, 0) is 22.5 Å². The zero-order valence-corrected chi connectivity index (χ0v) is 17.1. The van der Waals surface area contributed by atoms with Gasteiger partial charge in [0.1, 0.15) is 6.10 Å². The molecule has 0 radical (unpaired) electrons. The molecule has 154 valence electrons. The van der Waals surface area contributed by atoms with Crippen molar-refractivity contribution in [2.24, 2.45) is 0 Å². The molecule has 0 spiro atoms. The van der Waals surface area contributed by atoms with Gasteiger partial charge in [0.25, 0.3) is 0 Å². The van der Waals surface area contributed by atoms with Crippen molar-refractivity contribution in [2.45, 2.75) is 45.8 Å². The normalized spacial score (nSPS) is 16.8. The van der Waals surface area contributed by atoms with E-state index in [0.29, 0.717) is 18.8 Å². The van der Waals surface area contributed by atoms with Gasteiger partial charge in [-0.05, 0) is 55.0 Å². The Hall–Kier alpha value is -2.86. The van der Waals surface area contributed by atoms with Crippen molar-refractivity contribution in [1.82, 2.24) is 10.0 Å². The molecule has 2 aromatic carbocycles. The van der Waals surface area contributed by atoms with E-state index >= 15 is 0 Å². The third kappa shape index (κ3) is 5.81. The van der Waals surface area contributed by atoms with Gasteiger partial charge in [0.05, 0.1) is 13.1 Å². The topological polar surface area (TPSA) is 61.9 Å². The highest BCUT2D eigenvalue weighted by Crippen LogP contribution is 2.19. The molecule has 0 saturated carbocycles. The summed E-state index contributed by atoms with van der Waals surface area (Å²) in [6, 6.07) is 15.8. The largest absolute Gasteiger partial charge is 0.445 e. The fraction of sp³-hybridized carbons (Fsp3) is 0.391. The monoisotopic (exact) mass is 395 g/mol. The van der Waals surface area contributed by atoms with Crippen LogP contribution >= 0.6 is 0 Å². The van der Waals surface area contributed by atoms with Crippen LogP contribution in [0.2, 0.25) is 0 Å². The van der Waals surface area contributed by atoms with Gasteiger partial charge in [-0.25, -0.2) is 9.80 Å². The quantitative estimate of drug-likeness (QED) is 0.716. The minimum atomic E-state index is -0.461. The molecule has 1 heterocycles. The first kappa shape index (κ1) is 20.9. The summed E-state index contributed by atoms with van der Waals surface area (Å²) in [5, 5.41) is 6.43. The summed E-state index contributed by atoms with van der Waals surface area (Å²) in [5.41, 5.74) is 4.19. The predicted octanol–water partition coefficient (Wildman–Crippen LogP) is 4.14. The van der Waals surface area contributed by atoms with Crippen LogP contribution in [0, 0.1) is 6.92 Å². The van der Waals surface area contributed by atoms with Crippen LogP contribution in [0.5, 0.6) is 0 Å². The van der Waals surface area contributed by atoms with Crippen LogP contribution in [0.4, 0.5) is 10.5 Å². The Bertz CT molecular complexity index is 822. The van der Waals surface area contributed by atoms with Crippen molar-refractivity contribution in [3.63, 3.8) is 0 Å². The summed E-state index contributed by atoms with van der Waals surface area (Å²) in [7, 11) is 0. The minimum Gasteiger partial charge on any atom is -0.445 e. The van der Waals surface area contributed by atoms with Gasteiger partial charge in [0.15, 0.2) is 0 Å². The van der Waals surface area contributed by atoms with Gasteiger partial charge >= 0.3 is 6.09 Å². The van der Waals surface area contributed by atoms with Crippen molar-refractivity contribution in [2.75, 3.05) is 18.4 Å². The first-order chi connectivity index (χ1) is 14.1. The second kappa shape index (κ2) is 10.1. The van der Waals surface area contributed by atoms with Crippen molar-refractivity contribution in [3.05, 3.63) is 65.2 Å². The number of rotatable bonds is 7. The number of hydrazine groups is 1. The van der Waals surface area contributed by atoms with Crippen LogP contribution < -0.4 is 5.32 Å². The number of ether oxygens (including phenoxy) is 1. The third-order valence-corrected chi connectivity index (χ3v) is 5.32. The maximum absolute atomic E-state index is 12.3. The number of hydrogen-bond acceptors (Lipinski definition) is 4. The maximum Gasteiger partial charge on any atom is 0.411 e. The van der Waals surface area contributed by atoms with E-state index in [-0.39, 0.29) is 6.10 Å². The Kier molecular flexibility index (Phi) is 7.25. The number of nitrogens with zero attached hydrogens (tertiary/aromatic N) is 2. The second-order valence-corrected chi connectivity index (χ2v) is 7.39. The van der Waals surface area contributed by atoms with Crippen LogP contribution in [0.25, 0.3) is 0 Å². The van der Waals surface area contributed by atoms with E-state index in [1.807, 2.05) is 60.5 Å². The van der Waals surface area contributed by atoms with Gasteiger partial charge in [-0.3, -0.25) is 15.1 Å². The number of piperidine rings is 1. The lowest BCUT2D eigenvalue weighted by Crippen LogP contribution is -2.49. The summed E-state index contributed by atoms with van der Waals surface area (Å²) in [6.45, 7) is 5.92. The molecule has 6 nitrogen and oxygen atoms in total. The fourth-order valence-electron chi connectivity index (χ4n) is 3.54. The number of aryl methyl sites for hydroxylation is 2. The van der Waals surface area contributed by atoms with Gasteiger partial charge in [-0.15, -0.1) is 0 Å². The zero-order valence-electron chi connectivity index (χ0n) is 17.1. The molecule has 0 aromatic heterocycles. The van der Waals surface area contributed by atoms with E-state index in [0.717, 1.165) is 43.3 Å². The summed E-state index contributed by atoms with van der Waals surface area (Å²) >= 11 is 0. The lowest BCUT2D eigenvalue weighted by Gasteiger charge is -2.38. The lowest BCUT2D eigenvalue weighted by molar-refractivity contribution is -0.142. The molecule has 0 bridgehead atoms. The molecule has 2 amide bonds. The van der Waals surface area contributed by atoms with Gasteiger partial charge in [-0.1, -0.05) is 43.3 Å². The van der Waals surface area contributed by atoms with Crippen LogP contribution in [0.3, 0.4) is 0 Å². The molecule has 1 unspecified atom stereocenters. The SMILES string of the molecule is CCc1ccc(NC(=O)OC2CCCN(N(C=O)Cc3ccccc3C)C2)cc1. The second-order valence-electron chi connectivity index (χ2n) is 7.39. The van der Waals surface area contributed by atoms with Gasteiger partial charge in [0.2, 0.25) is 6.41 Å². The first-order valence-electron chi connectivity index (χ1n) is 10.2. The van der Waals surface area contributed by atoms with Crippen molar-refractivity contribution < 1.29 is 14.3 Å². The molecule has 1 aliphatic rings. The Labute approximate surface area is 172 Å². The van der Waals surface area contributed by atoms with E-state index in [9.17, 15) is 9.59 Å². The van der Waals surface area contributed by atoms with Crippen LogP contribution in [0.1, 0.15) is 36.5 Å². The summed E-state index contributed by atoms with van der Waals surface area (Å²) in [5.74, 6) is 0. The number of anilines is 1. The summed E-state index contributed by atoms with van der Waals surface area (Å²) in [6.07, 6.45) is 2.75. The van der Waals surface area contributed by atoms with Crippen molar-refractivity contribution in [1.29, 1.82) is 0 Å². The molecular weight excluding hydrogens is 366 g/mol. The lowest BCUT2D eigenvalue weighted by atomic mass is 10.1. The average Bonchev–Trinajstić information content (AvgIpc) is 2.74. The molecular formula is C23H29N3O3. The Morgan fingerprint density at radius 1 is 1.24 bits per heavy atom. The summed E-state index contributed by atoms with van der Waals surface area (Å²) in [4.78, 5) is 24.0. The zero-order chi connectivity index (χ0) is 20.6. The molecule has 0 aliphatic carbocycles. The molecule has 1 saturated heterocycles. The first-order valence-corrected chi connectivity index (χ1v) is 10.2. The molecule has 6 heteroatoms. The fourth-order valence-corrected chi connectivity index (χ4v) is 3.54. The highest BCUT2D eigenvalue weighted by Gasteiger charge is 2.26. The third-order valence-electron chi connectivity index (χ3n) is 5.32. The smallest absolute Gasteiger partial charge is 0.411 e. The molecule has 3 rings (SSSR count). The number of carbonyl (C=O) groups excluding carboxylic acids is 2. The Morgan fingerprint density at radius 2 is 2.00 bits per heavy atom. The van der Waals surface area contributed by atoms with Crippen LogP contribution in [0.15, 0.2) is 48.5 Å². The molecule has 2 aromatic rings. The predicted molar refractivity (Wildman–Crippen MR) is 113 cm³/mol. The standard InChI is InChI=1S/C23H29N3O3/c1-3-19-10-12-21(13-11-19)24-23(28)29-22-9-6-14-25(16-22)26(17-27)15-20-8-5-4-7-18(20)2/h4-5,7-8,10-13,17,22H,3,6,9,14-16H2,1-2H3,(H,24,28). The number of nitrogens with one attached hydrogen (secondary N) is 1. The average molecular weight is 396 g/mol. The molecule has 1 aliphatic heterocycles. The molecule has 1 atom stereocenters. The maximum atomic E-state index is 12.3. The number of benzene rings is 2. The van der Waals surface area contributed by atoms with Crippen LogP contribution in [-0.4, -0.2) is 41.7 Å². The van der Waals surface area contributed by atoms with Crippen molar-refractivity contribution >= 4 is 18.2 Å². The number of amides is 2. The highest BCUT2D eigenvalue weighted by atomic mass is 16.6. The number of carbonyl (C=O) groups is 2. The Balaban J connectivity index is 1.55. The Morgan fingerprint density at radius 3 is 2.69 bits per heavy atom. The van der Waals surface area contributed by atoms with Gasteiger partial charge in [0, 0.05) is 12.2 Å². The van der Waals surface area contributed by atoms with Gasteiger partial charge < -0.3 is 4.74 Å². The van der Waals surface area contributed by atoms with E-state index in [4.69, 9.17) is 4.74 Å². The number of hydrogen-bond donors (Lipinski definition) is 1. The molecule has 1 N–H and O–H groups in total. The van der Waals surface area contributed by atoms with E-state index in [1.165, 1.54) is 5.56 Å². The minimum absolute atomic E-state index is 0.252. The van der Waals surface area contributed by atoms with Crippen molar-refractivity contribution in [3.8, 4) is 0 Å². The van der Waals surface area contributed by atoms with E-state index in [2.05, 4.69) is 12.2 Å². The molecule has 1 fully saturated rings.